The fraction of sp³-hybridized carbons (Fsp3) is 0.500. The number of nitrogens with one attached hydrogen (secondary N) is 5. The van der Waals surface area contributed by atoms with Crippen molar-refractivity contribution >= 4 is 29.6 Å². The molecule has 2 heterocycles. The van der Waals surface area contributed by atoms with Gasteiger partial charge in [0.2, 0.25) is 23.6 Å². The molecular weight excluding hydrogens is 486 g/mol. The maximum Gasteiger partial charge on any atom is 0.326 e. The molecule has 0 aliphatic heterocycles. The molecule has 202 valence electrons. The van der Waals surface area contributed by atoms with Gasteiger partial charge in [-0.05, 0) is 5.92 Å². The number of carbonyl (C=O) groups is 5. The van der Waals surface area contributed by atoms with Gasteiger partial charge in [-0.3, -0.25) is 19.2 Å². The zero-order valence-electron chi connectivity index (χ0n) is 20.6. The van der Waals surface area contributed by atoms with Crippen LogP contribution in [0.15, 0.2) is 25.0 Å². The van der Waals surface area contributed by atoms with Gasteiger partial charge in [0, 0.05) is 36.6 Å². The first-order valence-electron chi connectivity index (χ1n) is 11.6. The van der Waals surface area contributed by atoms with Crippen LogP contribution in [0.25, 0.3) is 0 Å². The van der Waals surface area contributed by atoms with Crippen molar-refractivity contribution in [1.82, 2.24) is 35.9 Å². The summed E-state index contributed by atoms with van der Waals surface area (Å²) < 4.78 is 0. The minimum absolute atomic E-state index is 0.0587. The van der Waals surface area contributed by atoms with Crippen molar-refractivity contribution in [2.24, 2.45) is 17.4 Å². The van der Waals surface area contributed by atoms with Gasteiger partial charge in [-0.1, -0.05) is 20.3 Å². The van der Waals surface area contributed by atoms with Gasteiger partial charge in [0.25, 0.3) is 0 Å². The molecule has 0 spiro atoms. The number of primary amides is 1. The van der Waals surface area contributed by atoms with E-state index >= 15 is 0 Å². The van der Waals surface area contributed by atoms with Gasteiger partial charge in [-0.15, -0.1) is 0 Å². The summed E-state index contributed by atoms with van der Waals surface area (Å²) in [6.45, 7) is 3.48. The van der Waals surface area contributed by atoms with E-state index in [1.54, 1.807) is 13.8 Å². The third-order valence-corrected chi connectivity index (χ3v) is 5.76. The maximum absolute atomic E-state index is 13.1. The molecule has 15 heteroatoms. The number of rotatable bonds is 15. The smallest absolute Gasteiger partial charge is 0.326 e. The first kappa shape index (κ1) is 29.0. The Labute approximate surface area is 212 Å². The van der Waals surface area contributed by atoms with Crippen molar-refractivity contribution in [2.45, 2.75) is 63.7 Å². The SMILES string of the molecule is CCC(C)C(NC(=O)C(CC(N)=O)NC(=O)C(N)Cc1cnc[nH]1)C(=O)NC(Cc1cnc[nH]1)C(=O)O. The average Bonchev–Trinajstić information content (AvgIpc) is 3.54. The highest BCUT2D eigenvalue weighted by Gasteiger charge is 2.33. The fourth-order valence-corrected chi connectivity index (χ4v) is 3.45. The molecule has 0 radical (unpaired) electrons. The summed E-state index contributed by atoms with van der Waals surface area (Å²) in [5.74, 6) is -4.86. The second-order valence-electron chi connectivity index (χ2n) is 8.67. The predicted octanol–water partition coefficient (Wildman–Crippen LogP) is -2.29. The van der Waals surface area contributed by atoms with Crippen molar-refractivity contribution < 1.29 is 29.1 Å². The lowest BCUT2D eigenvalue weighted by Crippen LogP contribution is -2.59. The number of amides is 4. The highest BCUT2D eigenvalue weighted by atomic mass is 16.4. The Bertz CT molecular complexity index is 1060. The second kappa shape index (κ2) is 13.7. The molecule has 0 bridgehead atoms. The summed E-state index contributed by atoms with van der Waals surface area (Å²) in [7, 11) is 0. The number of aromatic nitrogens is 4. The van der Waals surface area contributed by atoms with E-state index in [1.807, 2.05) is 0 Å². The lowest BCUT2D eigenvalue weighted by molar-refractivity contribution is -0.142. The van der Waals surface area contributed by atoms with E-state index < -0.39 is 66.1 Å². The molecular formula is C22H33N9O6. The molecule has 0 aliphatic carbocycles. The molecule has 0 aliphatic rings. The van der Waals surface area contributed by atoms with E-state index in [0.29, 0.717) is 17.8 Å². The highest BCUT2D eigenvalue weighted by Crippen LogP contribution is 2.10. The Morgan fingerprint density at radius 3 is 1.97 bits per heavy atom. The molecule has 15 nitrogen and oxygen atoms in total. The summed E-state index contributed by atoms with van der Waals surface area (Å²) in [6.07, 6.45) is 5.69. The zero-order chi connectivity index (χ0) is 27.5. The number of nitrogens with zero attached hydrogens (tertiary/aromatic N) is 2. The lowest BCUT2D eigenvalue weighted by Gasteiger charge is -2.27. The van der Waals surface area contributed by atoms with Crippen LogP contribution in [0.3, 0.4) is 0 Å². The van der Waals surface area contributed by atoms with Crippen LogP contribution in [-0.4, -0.2) is 78.8 Å². The molecule has 0 saturated carbocycles. The van der Waals surface area contributed by atoms with Crippen LogP contribution >= 0.6 is 0 Å². The average molecular weight is 520 g/mol. The van der Waals surface area contributed by atoms with Gasteiger partial charge in [0.05, 0.1) is 25.1 Å². The predicted molar refractivity (Wildman–Crippen MR) is 129 cm³/mol. The molecule has 0 aromatic carbocycles. The monoisotopic (exact) mass is 519 g/mol. The number of nitrogens with two attached hydrogens (primary N) is 2. The van der Waals surface area contributed by atoms with Crippen molar-refractivity contribution in [1.29, 1.82) is 0 Å². The molecule has 10 N–H and O–H groups in total. The van der Waals surface area contributed by atoms with E-state index in [-0.39, 0.29) is 12.8 Å². The third kappa shape index (κ3) is 9.03. The van der Waals surface area contributed by atoms with Gasteiger partial charge in [0.15, 0.2) is 0 Å². The number of imidazole rings is 2. The summed E-state index contributed by atoms with van der Waals surface area (Å²) in [4.78, 5) is 75.3. The van der Waals surface area contributed by atoms with E-state index in [1.165, 1.54) is 25.0 Å². The number of H-pyrrole nitrogens is 2. The quantitative estimate of drug-likeness (QED) is 0.126. The Morgan fingerprint density at radius 1 is 0.919 bits per heavy atom. The molecule has 5 atom stereocenters. The van der Waals surface area contributed by atoms with E-state index in [9.17, 15) is 29.1 Å². The number of hydrogen-bond donors (Lipinski definition) is 8. The van der Waals surface area contributed by atoms with Crippen LogP contribution < -0.4 is 27.4 Å². The van der Waals surface area contributed by atoms with Crippen LogP contribution in [0.2, 0.25) is 0 Å². The molecule has 2 aromatic heterocycles. The Balaban J connectivity index is 2.12. The van der Waals surface area contributed by atoms with E-state index in [4.69, 9.17) is 11.5 Å². The number of aliphatic carboxylic acids is 1. The molecule has 4 amide bonds. The first-order chi connectivity index (χ1) is 17.5. The maximum atomic E-state index is 13.1. The summed E-state index contributed by atoms with van der Waals surface area (Å²) in [5.41, 5.74) is 12.3. The van der Waals surface area contributed by atoms with E-state index in [2.05, 4.69) is 35.9 Å². The number of aromatic amines is 2. The standard InChI is InChI=1S/C22H33N9O6/c1-3-11(2)18(21(35)30-16(22(36)37)5-13-8-26-10-28-13)31-20(34)15(6-17(24)32)29-19(33)14(23)4-12-7-25-9-27-12/h7-11,14-16,18H,3-6,23H2,1-2H3,(H2,24,32)(H,25,27)(H,26,28)(H,29,33)(H,30,35)(H,31,34)(H,36,37). The molecule has 0 saturated heterocycles. The Morgan fingerprint density at radius 2 is 1.49 bits per heavy atom. The molecule has 2 rings (SSSR count). The molecule has 2 aromatic rings. The summed E-state index contributed by atoms with van der Waals surface area (Å²) in [6, 6.07) is -4.92. The number of carbonyl (C=O) groups excluding carboxylic acids is 4. The van der Waals surface area contributed by atoms with Crippen molar-refractivity contribution in [3.63, 3.8) is 0 Å². The van der Waals surface area contributed by atoms with E-state index in [0.717, 1.165) is 0 Å². The number of carboxylic acids is 1. The van der Waals surface area contributed by atoms with Gasteiger partial charge >= 0.3 is 5.97 Å². The Hall–Kier alpha value is -4.27. The van der Waals surface area contributed by atoms with Gasteiger partial charge < -0.3 is 42.5 Å². The number of carboxylic acid groups (broad SMARTS) is 1. The van der Waals surface area contributed by atoms with Crippen molar-refractivity contribution in [2.75, 3.05) is 0 Å². The summed E-state index contributed by atoms with van der Waals surface area (Å²) >= 11 is 0. The largest absolute Gasteiger partial charge is 0.480 e. The zero-order valence-corrected chi connectivity index (χ0v) is 20.6. The summed E-state index contributed by atoms with van der Waals surface area (Å²) in [5, 5.41) is 16.9. The van der Waals surface area contributed by atoms with Gasteiger partial charge in [-0.2, -0.15) is 0 Å². The number of hydrogen-bond acceptors (Lipinski definition) is 8. The fourth-order valence-electron chi connectivity index (χ4n) is 3.45. The van der Waals surface area contributed by atoms with Crippen molar-refractivity contribution in [3.05, 3.63) is 36.4 Å². The second-order valence-corrected chi connectivity index (χ2v) is 8.67. The van der Waals surface area contributed by atoms with Crippen LogP contribution in [0.1, 0.15) is 38.1 Å². The van der Waals surface area contributed by atoms with Crippen LogP contribution in [-0.2, 0) is 36.8 Å². The normalized spacial score (nSPS) is 15.0. The molecule has 37 heavy (non-hydrogen) atoms. The highest BCUT2D eigenvalue weighted by molar-refractivity contribution is 5.96. The van der Waals surface area contributed by atoms with Gasteiger partial charge in [-0.25, -0.2) is 14.8 Å². The van der Waals surface area contributed by atoms with Crippen LogP contribution in [0.4, 0.5) is 0 Å². The topological polar surface area (TPSA) is 251 Å². The van der Waals surface area contributed by atoms with Crippen LogP contribution in [0, 0.1) is 5.92 Å². The minimum Gasteiger partial charge on any atom is -0.480 e. The minimum atomic E-state index is -1.41. The van der Waals surface area contributed by atoms with Crippen LogP contribution in [0.5, 0.6) is 0 Å². The molecule has 5 unspecified atom stereocenters. The molecule has 0 fully saturated rings. The first-order valence-corrected chi connectivity index (χ1v) is 11.6. The van der Waals surface area contributed by atoms with Crippen molar-refractivity contribution in [3.8, 4) is 0 Å². The lowest BCUT2D eigenvalue weighted by atomic mass is 9.97. The third-order valence-electron chi connectivity index (χ3n) is 5.76. The van der Waals surface area contributed by atoms with Gasteiger partial charge in [0.1, 0.15) is 18.1 Å². The Kier molecular flexibility index (Phi) is 10.7.